The molecular formula is C12H14. The summed E-state index contributed by atoms with van der Waals surface area (Å²) < 4.78 is 0. The molecule has 0 aromatic rings. The van der Waals surface area contributed by atoms with Gasteiger partial charge in [-0.25, -0.2) is 0 Å². The van der Waals surface area contributed by atoms with Crippen molar-refractivity contribution >= 4 is 0 Å². The first-order valence-corrected chi connectivity index (χ1v) is 4.97. The van der Waals surface area contributed by atoms with Gasteiger partial charge in [-0.05, 0) is 36.5 Å². The lowest BCUT2D eigenvalue weighted by Crippen LogP contribution is -2.28. The molecule has 3 rings (SSSR count). The van der Waals surface area contributed by atoms with E-state index in [1.54, 1.807) is 0 Å². The molecule has 3 aliphatic rings. The monoisotopic (exact) mass is 158 g/mol. The van der Waals surface area contributed by atoms with Crippen LogP contribution in [-0.2, 0) is 0 Å². The Bertz CT molecular complexity index is 244. The van der Waals surface area contributed by atoms with Crippen molar-refractivity contribution in [1.82, 2.24) is 0 Å². The molecule has 2 unspecified atom stereocenters. The largest absolute Gasteiger partial charge is 0.0876 e. The van der Waals surface area contributed by atoms with Gasteiger partial charge in [0.15, 0.2) is 0 Å². The quantitative estimate of drug-likeness (QED) is 0.475. The molecule has 0 amide bonds. The Hall–Kier alpha value is -0.780. The van der Waals surface area contributed by atoms with Gasteiger partial charge in [0.2, 0.25) is 0 Å². The van der Waals surface area contributed by atoms with E-state index in [0.29, 0.717) is 0 Å². The number of rotatable bonds is 0. The van der Waals surface area contributed by atoms with Gasteiger partial charge in [0.1, 0.15) is 0 Å². The van der Waals surface area contributed by atoms with Crippen LogP contribution in [0.4, 0.5) is 0 Å². The summed E-state index contributed by atoms with van der Waals surface area (Å²) in [6, 6.07) is 0. The maximum atomic E-state index is 2.40. The second kappa shape index (κ2) is 2.35. The van der Waals surface area contributed by atoms with Crippen LogP contribution in [0.15, 0.2) is 36.5 Å². The van der Waals surface area contributed by atoms with Gasteiger partial charge in [-0.1, -0.05) is 36.5 Å². The fraction of sp³-hybridized carbons (Fsp3) is 0.500. The molecule has 12 heavy (non-hydrogen) atoms. The summed E-state index contributed by atoms with van der Waals surface area (Å²) in [6.07, 6.45) is 17.0. The van der Waals surface area contributed by atoms with E-state index in [-0.39, 0.29) is 0 Å². The van der Waals surface area contributed by atoms with Crippen LogP contribution in [0.25, 0.3) is 0 Å². The normalized spacial score (nSPS) is 48.0. The van der Waals surface area contributed by atoms with Crippen molar-refractivity contribution in [3.05, 3.63) is 36.5 Å². The van der Waals surface area contributed by atoms with Crippen molar-refractivity contribution in [1.29, 1.82) is 0 Å². The molecule has 0 spiro atoms. The second-order valence-corrected chi connectivity index (χ2v) is 4.20. The Labute approximate surface area is 73.7 Å². The van der Waals surface area contributed by atoms with Crippen LogP contribution in [0.5, 0.6) is 0 Å². The maximum Gasteiger partial charge on any atom is -0.00135 e. The summed E-state index contributed by atoms with van der Waals surface area (Å²) in [4.78, 5) is 0. The minimum absolute atomic E-state index is 0.763. The van der Waals surface area contributed by atoms with Crippen molar-refractivity contribution in [2.24, 2.45) is 23.7 Å². The molecule has 0 nitrogen and oxygen atoms in total. The molecule has 0 aromatic heterocycles. The zero-order chi connectivity index (χ0) is 7.97. The molecule has 0 fully saturated rings. The first-order chi connectivity index (χ1) is 5.95. The number of allylic oxidation sites excluding steroid dienone is 6. The molecule has 0 saturated heterocycles. The summed E-state index contributed by atoms with van der Waals surface area (Å²) in [6.45, 7) is 0. The standard InChI is InChI=1S/C12H14/c1-3-9-4-2-6-11-8-7-10(5-1)12(9)11/h1-2,5-12H,3-4H2. The minimum Gasteiger partial charge on any atom is -0.0876 e. The first-order valence-electron chi connectivity index (χ1n) is 4.97. The fourth-order valence-corrected chi connectivity index (χ4v) is 3.01. The molecule has 0 aliphatic heterocycles. The summed E-state index contributed by atoms with van der Waals surface area (Å²) in [7, 11) is 0. The molecule has 62 valence electrons. The highest BCUT2D eigenvalue weighted by molar-refractivity contribution is 5.24. The van der Waals surface area contributed by atoms with E-state index in [1.807, 2.05) is 0 Å². The summed E-state index contributed by atoms with van der Waals surface area (Å²) >= 11 is 0. The summed E-state index contributed by atoms with van der Waals surface area (Å²) in [5.74, 6) is 3.38. The zero-order valence-electron chi connectivity index (χ0n) is 7.19. The molecule has 0 heterocycles. The van der Waals surface area contributed by atoms with E-state index < -0.39 is 0 Å². The van der Waals surface area contributed by atoms with Crippen molar-refractivity contribution in [3.8, 4) is 0 Å². The Kier molecular flexibility index (Phi) is 1.31. The van der Waals surface area contributed by atoms with E-state index in [2.05, 4.69) is 36.5 Å². The lowest BCUT2D eigenvalue weighted by Gasteiger charge is -2.35. The molecule has 2 atom stereocenters. The van der Waals surface area contributed by atoms with Crippen molar-refractivity contribution in [2.45, 2.75) is 12.8 Å². The van der Waals surface area contributed by atoms with Gasteiger partial charge < -0.3 is 0 Å². The van der Waals surface area contributed by atoms with Crippen molar-refractivity contribution < 1.29 is 0 Å². The van der Waals surface area contributed by atoms with E-state index >= 15 is 0 Å². The Morgan fingerprint density at radius 3 is 1.92 bits per heavy atom. The average molecular weight is 158 g/mol. The van der Waals surface area contributed by atoms with E-state index in [0.717, 1.165) is 23.7 Å². The maximum absolute atomic E-state index is 2.40. The minimum atomic E-state index is 0.763. The van der Waals surface area contributed by atoms with E-state index in [4.69, 9.17) is 0 Å². The van der Waals surface area contributed by atoms with Gasteiger partial charge in [-0.15, -0.1) is 0 Å². The zero-order valence-corrected chi connectivity index (χ0v) is 7.19. The number of hydrogen-bond donors (Lipinski definition) is 0. The second-order valence-electron chi connectivity index (χ2n) is 4.20. The van der Waals surface area contributed by atoms with Gasteiger partial charge in [0.25, 0.3) is 0 Å². The SMILES string of the molecule is C1=CC2C=CC3C=CCC(C1)C23. The molecule has 3 aliphatic carbocycles. The van der Waals surface area contributed by atoms with Gasteiger partial charge in [0.05, 0.1) is 0 Å². The van der Waals surface area contributed by atoms with Crippen LogP contribution in [0, 0.1) is 23.7 Å². The van der Waals surface area contributed by atoms with Gasteiger partial charge in [-0.2, -0.15) is 0 Å². The Morgan fingerprint density at radius 1 is 0.750 bits per heavy atom. The molecular weight excluding hydrogens is 144 g/mol. The van der Waals surface area contributed by atoms with Crippen LogP contribution in [0.1, 0.15) is 12.8 Å². The highest BCUT2D eigenvalue weighted by Gasteiger charge is 2.37. The molecule has 0 bridgehead atoms. The Balaban J connectivity index is 2.02. The van der Waals surface area contributed by atoms with Crippen LogP contribution in [0.2, 0.25) is 0 Å². The third kappa shape index (κ3) is 0.782. The van der Waals surface area contributed by atoms with Gasteiger partial charge in [-0.3, -0.25) is 0 Å². The smallest absolute Gasteiger partial charge is 0.00135 e. The molecule has 0 aromatic carbocycles. The van der Waals surface area contributed by atoms with Crippen molar-refractivity contribution in [2.75, 3.05) is 0 Å². The lowest BCUT2D eigenvalue weighted by molar-refractivity contribution is 0.247. The first kappa shape index (κ1) is 6.71. The summed E-state index contributed by atoms with van der Waals surface area (Å²) in [5, 5.41) is 0. The molecule has 0 saturated carbocycles. The predicted octanol–water partition coefficient (Wildman–Crippen LogP) is 2.94. The van der Waals surface area contributed by atoms with Crippen LogP contribution in [-0.4, -0.2) is 0 Å². The van der Waals surface area contributed by atoms with E-state index in [9.17, 15) is 0 Å². The topological polar surface area (TPSA) is 0 Å². The Morgan fingerprint density at radius 2 is 1.33 bits per heavy atom. The van der Waals surface area contributed by atoms with Crippen molar-refractivity contribution in [3.63, 3.8) is 0 Å². The third-order valence-corrected chi connectivity index (χ3v) is 3.58. The van der Waals surface area contributed by atoms with Gasteiger partial charge in [0, 0.05) is 0 Å². The van der Waals surface area contributed by atoms with Crippen LogP contribution in [0.3, 0.4) is 0 Å². The fourth-order valence-electron chi connectivity index (χ4n) is 3.01. The lowest BCUT2D eigenvalue weighted by atomic mass is 9.69. The molecule has 0 N–H and O–H groups in total. The van der Waals surface area contributed by atoms with Crippen LogP contribution < -0.4 is 0 Å². The highest BCUT2D eigenvalue weighted by Crippen LogP contribution is 2.46. The molecule has 0 radical (unpaired) electrons. The predicted molar refractivity (Wildman–Crippen MR) is 50.6 cm³/mol. The molecule has 0 heteroatoms. The number of hydrogen-bond acceptors (Lipinski definition) is 0. The summed E-state index contributed by atoms with van der Waals surface area (Å²) in [5.41, 5.74) is 0. The highest BCUT2D eigenvalue weighted by atomic mass is 14.4. The van der Waals surface area contributed by atoms with Crippen LogP contribution >= 0.6 is 0 Å². The van der Waals surface area contributed by atoms with Gasteiger partial charge >= 0.3 is 0 Å². The average Bonchev–Trinajstić information content (AvgIpc) is 2.52. The van der Waals surface area contributed by atoms with E-state index in [1.165, 1.54) is 12.8 Å². The third-order valence-electron chi connectivity index (χ3n) is 3.58.